The minimum absolute atomic E-state index is 0.440. The Morgan fingerprint density at radius 3 is 2.95 bits per heavy atom. The lowest BCUT2D eigenvalue weighted by atomic mass is 10.3. The van der Waals surface area contributed by atoms with Crippen molar-refractivity contribution in [2.45, 2.75) is 38.3 Å². The lowest BCUT2D eigenvalue weighted by molar-refractivity contribution is 0.0533. The van der Waals surface area contributed by atoms with Crippen LogP contribution in [0.5, 0.6) is 0 Å². The molecule has 0 aliphatic heterocycles. The minimum atomic E-state index is 0.440. The molecule has 3 rings (SSSR count). The van der Waals surface area contributed by atoms with Crippen molar-refractivity contribution in [1.29, 1.82) is 0 Å². The Balaban J connectivity index is 1.76. The highest BCUT2D eigenvalue weighted by molar-refractivity contribution is 7.71. The van der Waals surface area contributed by atoms with E-state index in [4.69, 9.17) is 28.6 Å². The first-order chi connectivity index (χ1) is 9.25. The van der Waals surface area contributed by atoms with Gasteiger partial charge in [-0.15, -0.1) is 0 Å². The van der Waals surface area contributed by atoms with Crippen molar-refractivity contribution in [3.05, 3.63) is 28.0 Å². The van der Waals surface area contributed by atoms with Gasteiger partial charge in [-0.25, -0.2) is 0 Å². The van der Waals surface area contributed by atoms with E-state index in [2.05, 4.69) is 4.98 Å². The summed E-state index contributed by atoms with van der Waals surface area (Å²) >= 11 is 11.6. The van der Waals surface area contributed by atoms with Gasteiger partial charge in [0.15, 0.2) is 4.77 Å². The maximum atomic E-state index is 6.25. The average molecular weight is 297 g/mol. The fourth-order valence-corrected chi connectivity index (χ4v) is 3.32. The Labute approximate surface area is 122 Å². The highest BCUT2D eigenvalue weighted by Crippen LogP contribution is 2.24. The van der Waals surface area contributed by atoms with E-state index in [9.17, 15) is 0 Å². The predicted molar refractivity (Wildman–Crippen MR) is 80.3 cm³/mol. The van der Waals surface area contributed by atoms with Crippen molar-refractivity contribution in [3.63, 3.8) is 0 Å². The standard InChI is InChI=1S/C14H17ClN2OS/c15-11-6-3-7-12-13(11)17(14(19)16-12)8-9-18-10-4-1-2-5-10/h3,6-7,10H,1-2,4-5,8-9H2,(H,16,19). The zero-order valence-corrected chi connectivity index (χ0v) is 12.3. The summed E-state index contributed by atoms with van der Waals surface area (Å²) in [5.74, 6) is 0. The Bertz CT molecular complexity index is 628. The number of benzene rings is 1. The normalized spacial score (nSPS) is 16.5. The molecule has 0 saturated heterocycles. The van der Waals surface area contributed by atoms with Crippen molar-refractivity contribution in [2.75, 3.05) is 6.61 Å². The van der Waals surface area contributed by atoms with Gasteiger partial charge in [0.25, 0.3) is 0 Å². The van der Waals surface area contributed by atoms with Crippen LogP contribution in [0.1, 0.15) is 25.7 Å². The molecule has 0 bridgehead atoms. The number of nitrogens with zero attached hydrogens (tertiary/aromatic N) is 1. The van der Waals surface area contributed by atoms with E-state index >= 15 is 0 Å². The molecule has 1 aromatic heterocycles. The lowest BCUT2D eigenvalue weighted by Gasteiger charge is -2.12. The average Bonchev–Trinajstić information content (AvgIpc) is 2.99. The second kappa shape index (κ2) is 5.65. The third-order valence-electron chi connectivity index (χ3n) is 3.71. The topological polar surface area (TPSA) is 29.9 Å². The molecule has 1 fully saturated rings. The summed E-state index contributed by atoms with van der Waals surface area (Å²) in [4.78, 5) is 3.18. The van der Waals surface area contributed by atoms with Crippen LogP contribution in [0.15, 0.2) is 18.2 Å². The SMILES string of the molecule is S=c1[nH]c2cccc(Cl)c2n1CCOC1CCCC1. The number of H-pyrrole nitrogens is 1. The quantitative estimate of drug-likeness (QED) is 0.852. The van der Waals surface area contributed by atoms with Gasteiger partial charge in [0, 0.05) is 6.54 Å². The van der Waals surface area contributed by atoms with Gasteiger partial charge < -0.3 is 14.3 Å². The summed E-state index contributed by atoms with van der Waals surface area (Å²) in [6.45, 7) is 1.44. The number of ether oxygens (including phenoxy) is 1. The van der Waals surface area contributed by atoms with Gasteiger partial charge in [0.1, 0.15) is 0 Å². The highest BCUT2D eigenvalue weighted by atomic mass is 35.5. The molecule has 0 amide bonds. The molecule has 0 atom stereocenters. The molecule has 0 radical (unpaired) electrons. The summed E-state index contributed by atoms with van der Waals surface area (Å²) in [5.41, 5.74) is 1.96. The van der Waals surface area contributed by atoms with Crippen molar-refractivity contribution in [1.82, 2.24) is 9.55 Å². The monoisotopic (exact) mass is 296 g/mol. The summed E-state index contributed by atoms with van der Waals surface area (Å²) < 4.78 is 8.63. The molecule has 1 N–H and O–H groups in total. The van der Waals surface area contributed by atoms with Crippen molar-refractivity contribution >= 4 is 34.9 Å². The van der Waals surface area contributed by atoms with Gasteiger partial charge >= 0.3 is 0 Å². The molecule has 102 valence electrons. The maximum absolute atomic E-state index is 6.25. The zero-order valence-electron chi connectivity index (χ0n) is 10.7. The van der Waals surface area contributed by atoms with E-state index < -0.39 is 0 Å². The Morgan fingerprint density at radius 2 is 2.16 bits per heavy atom. The first-order valence-electron chi connectivity index (χ1n) is 6.74. The molecule has 1 heterocycles. The summed E-state index contributed by atoms with van der Waals surface area (Å²) in [7, 11) is 0. The number of aromatic nitrogens is 2. The molecule has 1 saturated carbocycles. The van der Waals surface area contributed by atoms with E-state index in [0.29, 0.717) is 17.5 Å². The van der Waals surface area contributed by atoms with Gasteiger partial charge in [-0.2, -0.15) is 0 Å². The first-order valence-corrected chi connectivity index (χ1v) is 7.53. The number of halogens is 1. The van der Waals surface area contributed by atoms with Crippen molar-refractivity contribution in [3.8, 4) is 0 Å². The van der Waals surface area contributed by atoms with Crippen LogP contribution in [0.2, 0.25) is 5.02 Å². The third-order valence-corrected chi connectivity index (χ3v) is 4.34. The maximum Gasteiger partial charge on any atom is 0.178 e. The van der Waals surface area contributed by atoms with Gasteiger partial charge in [-0.05, 0) is 37.2 Å². The van der Waals surface area contributed by atoms with Crippen LogP contribution in [-0.2, 0) is 11.3 Å². The largest absolute Gasteiger partial charge is 0.376 e. The third kappa shape index (κ3) is 2.71. The van der Waals surface area contributed by atoms with Crippen LogP contribution in [0, 0.1) is 4.77 Å². The smallest absolute Gasteiger partial charge is 0.178 e. The van der Waals surface area contributed by atoms with Crippen molar-refractivity contribution in [2.24, 2.45) is 0 Å². The van der Waals surface area contributed by atoms with Crippen LogP contribution >= 0.6 is 23.8 Å². The molecule has 1 aliphatic rings. The van der Waals surface area contributed by atoms with Gasteiger partial charge in [0.05, 0.1) is 28.8 Å². The molecule has 2 aromatic rings. The molecule has 1 aromatic carbocycles. The van der Waals surface area contributed by atoms with Crippen LogP contribution in [0.4, 0.5) is 0 Å². The van der Waals surface area contributed by atoms with Crippen LogP contribution in [0.3, 0.4) is 0 Å². The summed E-state index contributed by atoms with van der Waals surface area (Å²) in [6.07, 6.45) is 5.42. The van der Waals surface area contributed by atoms with E-state index in [1.807, 2.05) is 22.8 Å². The molecule has 5 heteroatoms. The number of nitrogens with one attached hydrogen (secondary N) is 1. The number of aromatic amines is 1. The van der Waals surface area contributed by atoms with Crippen LogP contribution in [0.25, 0.3) is 11.0 Å². The number of hydrogen-bond donors (Lipinski definition) is 1. The van der Waals surface area contributed by atoms with Gasteiger partial charge in [0.2, 0.25) is 0 Å². The van der Waals surface area contributed by atoms with E-state index in [0.717, 1.165) is 22.6 Å². The van der Waals surface area contributed by atoms with Crippen molar-refractivity contribution < 1.29 is 4.74 Å². The lowest BCUT2D eigenvalue weighted by Crippen LogP contribution is -2.13. The Hall–Kier alpha value is -0.840. The highest BCUT2D eigenvalue weighted by Gasteiger charge is 2.15. The van der Waals surface area contributed by atoms with E-state index in [1.54, 1.807) is 0 Å². The Kier molecular flexibility index (Phi) is 3.91. The van der Waals surface area contributed by atoms with E-state index in [-0.39, 0.29) is 0 Å². The van der Waals surface area contributed by atoms with Gasteiger partial charge in [-0.3, -0.25) is 0 Å². The van der Waals surface area contributed by atoms with E-state index in [1.165, 1.54) is 25.7 Å². The number of imidazole rings is 1. The fourth-order valence-electron chi connectivity index (χ4n) is 2.75. The van der Waals surface area contributed by atoms with Crippen LogP contribution < -0.4 is 0 Å². The molecule has 19 heavy (non-hydrogen) atoms. The van der Waals surface area contributed by atoms with Crippen LogP contribution in [-0.4, -0.2) is 22.3 Å². The first kappa shape index (κ1) is 13.2. The molecule has 3 nitrogen and oxygen atoms in total. The number of para-hydroxylation sites is 1. The Morgan fingerprint density at radius 1 is 1.37 bits per heavy atom. The van der Waals surface area contributed by atoms with Gasteiger partial charge in [-0.1, -0.05) is 30.5 Å². The molecular weight excluding hydrogens is 280 g/mol. The second-order valence-corrected chi connectivity index (χ2v) is 5.79. The number of rotatable bonds is 4. The summed E-state index contributed by atoms with van der Waals surface area (Å²) in [6, 6.07) is 5.81. The summed E-state index contributed by atoms with van der Waals surface area (Å²) in [5, 5.41) is 0.728. The molecule has 1 aliphatic carbocycles. The minimum Gasteiger partial charge on any atom is -0.376 e. The number of hydrogen-bond acceptors (Lipinski definition) is 2. The second-order valence-electron chi connectivity index (χ2n) is 5.00. The molecular formula is C14H17ClN2OS. The predicted octanol–water partition coefficient (Wildman–Crippen LogP) is 4.31. The molecule has 0 spiro atoms. The fraction of sp³-hybridized carbons (Fsp3) is 0.500. The number of fused-ring (bicyclic) bond motifs is 1. The zero-order chi connectivity index (χ0) is 13.2. The molecule has 0 unspecified atom stereocenters.